The maximum absolute atomic E-state index is 12.8. The molecule has 0 saturated heterocycles. The average Bonchev–Trinajstić information content (AvgIpc) is 2.96. The molecule has 124 valence electrons. The molecule has 0 atom stereocenters. The summed E-state index contributed by atoms with van der Waals surface area (Å²) in [4.78, 5) is 29.4. The Balaban J connectivity index is 0.00000196. The molecule has 0 aliphatic heterocycles. The number of rotatable bonds is 3. The van der Waals surface area contributed by atoms with Gasteiger partial charge < -0.3 is 14.3 Å². The van der Waals surface area contributed by atoms with Gasteiger partial charge in [-0.05, 0) is 36.8 Å². The van der Waals surface area contributed by atoms with Crippen LogP contribution in [0.1, 0.15) is 11.3 Å². The van der Waals surface area contributed by atoms with Crippen LogP contribution >= 0.6 is 0 Å². The summed E-state index contributed by atoms with van der Waals surface area (Å²) in [7, 11) is 0. The van der Waals surface area contributed by atoms with E-state index in [2.05, 4.69) is 10.1 Å². The van der Waals surface area contributed by atoms with Crippen LogP contribution in [0, 0.1) is 6.92 Å². The quantitative estimate of drug-likeness (QED) is 0.437. The van der Waals surface area contributed by atoms with E-state index in [0.29, 0.717) is 28.8 Å². The summed E-state index contributed by atoms with van der Waals surface area (Å²) in [6.07, 6.45) is 3.39. The van der Waals surface area contributed by atoms with E-state index in [1.165, 1.54) is 10.7 Å². The van der Waals surface area contributed by atoms with E-state index < -0.39 is 0 Å². The maximum atomic E-state index is 12.8. The van der Waals surface area contributed by atoms with Gasteiger partial charge in [0.15, 0.2) is 0 Å². The van der Waals surface area contributed by atoms with Crippen LogP contribution in [0.15, 0.2) is 70.5 Å². The fourth-order valence-corrected chi connectivity index (χ4v) is 2.97. The molecular formula is C19H15N4NaO2. The van der Waals surface area contributed by atoms with Gasteiger partial charge in [-0.15, -0.1) is 5.52 Å². The van der Waals surface area contributed by atoms with Gasteiger partial charge in [-0.25, -0.2) is 0 Å². The Kier molecular flexibility index (Phi) is 5.27. The smallest absolute Gasteiger partial charge is 0.587 e. The minimum atomic E-state index is -0.223. The first-order chi connectivity index (χ1) is 12.1. The molecule has 4 aromatic rings. The van der Waals surface area contributed by atoms with Crippen molar-refractivity contribution in [3.8, 4) is 5.69 Å². The minimum Gasteiger partial charge on any atom is -0.587 e. The number of para-hydroxylation sites is 1. The largest absolute Gasteiger partial charge is 1.00 e. The van der Waals surface area contributed by atoms with Gasteiger partial charge in [-0.3, -0.25) is 14.6 Å². The molecule has 3 heterocycles. The van der Waals surface area contributed by atoms with Crippen LogP contribution in [0.5, 0.6) is 0 Å². The molecule has 0 radical (unpaired) electrons. The second-order valence-electron chi connectivity index (χ2n) is 5.83. The Morgan fingerprint density at radius 1 is 1.08 bits per heavy atom. The van der Waals surface area contributed by atoms with Gasteiger partial charge >= 0.3 is 29.6 Å². The molecule has 0 bridgehead atoms. The van der Waals surface area contributed by atoms with Gasteiger partial charge in [0.1, 0.15) is 0 Å². The molecule has 4 rings (SSSR count). The summed E-state index contributed by atoms with van der Waals surface area (Å²) in [6, 6.07) is 14.3. The molecule has 6 nitrogen and oxygen atoms in total. The molecular weight excluding hydrogens is 339 g/mol. The Morgan fingerprint density at radius 3 is 2.54 bits per heavy atom. The number of benzene rings is 1. The molecule has 7 heteroatoms. The van der Waals surface area contributed by atoms with Crippen molar-refractivity contribution in [2.75, 3.05) is 0 Å². The zero-order valence-electron chi connectivity index (χ0n) is 14.6. The zero-order chi connectivity index (χ0) is 17.4. The fourth-order valence-electron chi connectivity index (χ4n) is 2.97. The first-order valence-electron chi connectivity index (χ1n) is 7.89. The molecule has 3 aromatic heterocycles. The molecule has 1 aromatic carbocycles. The third kappa shape index (κ3) is 3.19. The molecule has 0 saturated carbocycles. The monoisotopic (exact) mass is 354 g/mol. The van der Waals surface area contributed by atoms with Gasteiger partial charge in [-0.1, -0.05) is 24.3 Å². The predicted molar refractivity (Wildman–Crippen MR) is 95.2 cm³/mol. The van der Waals surface area contributed by atoms with Gasteiger partial charge in [-0.2, -0.15) is 0 Å². The van der Waals surface area contributed by atoms with Crippen LogP contribution in [0.2, 0.25) is 0 Å². The molecule has 0 aliphatic carbocycles. The SMILES string of the molecule is Cc1c2c(=O)n(-c3ccccc3)[n-]c2cc(=O)n1Cc1cccnc1.[Na+]. The second kappa shape index (κ2) is 7.45. The van der Waals surface area contributed by atoms with Crippen molar-refractivity contribution in [1.29, 1.82) is 0 Å². The van der Waals surface area contributed by atoms with Crippen molar-refractivity contribution in [2.24, 2.45) is 0 Å². The van der Waals surface area contributed by atoms with Crippen LogP contribution in [0.25, 0.3) is 16.6 Å². The maximum Gasteiger partial charge on any atom is 1.00 e. The summed E-state index contributed by atoms with van der Waals surface area (Å²) in [6.45, 7) is 2.14. The van der Waals surface area contributed by atoms with Crippen LogP contribution in [-0.4, -0.2) is 14.2 Å². The summed E-state index contributed by atoms with van der Waals surface area (Å²) < 4.78 is 2.92. The molecule has 0 aliphatic rings. The predicted octanol–water partition coefficient (Wildman–Crippen LogP) is -1.13. The minimum absolute atomic E-state index is 0. The van der Waals surface area contributed by atoms with Gasteiger partial charge in [0.05, 0.1) is 6.54 Å². The van der Waals surface area contributed by atoms with Crippen molar-refractivity contribution in [2.45, 2.75) is 13.5 Å². The zero-order valence-corrected chi connectivity index (χ0v) is 16.6. The fraction of sp³-hybridized carbons (Fsp3) is 0.105. The van der Waals surface area contributed by atoms with Crippen molar-refractivity contribution >= 4 is 10.9 Å². The second-order valence-corrected chi connectivity index (χ2v) is 5.83. The van der Waals surface area contributed by atoms with Gasteiger partial charge in [0, 0.05) is 29.2 Å². The normalized spacial score (nSPS) is 10.7. The molecule has 0 N–H and O–H groups in total. The Labute approximate surface area is 171 Å². The summed E-state index contributed by atoms with van der Waals surface area (Å²) in [5, 5.41) is 4.80. The van der Waals surface area contributed by atoms with Gasteiger partial charge in [0.25, 0.3) is 0 Å². The van der Waals surface area contributed by atoms with E-state index in [1.54, 1.807) is 23.9 Å². The van der Waals surface area contributed by atoms with Crippen molar-refractivity contribution in [1.82, 2.24) is 19.3 Å². The first-order valence-corrected chi connectivity index (χ1v) is 7.89. The van der Waals surface area contributed by atoms with E-state index in [1.807, 2.05) is 42.5 Å². The number of hydrogen-bond acceptors (Lipinski definition) is 3. The third-order valence-corrected chi connectivity index (χ3v) is 4.23. The van der Waals surface area contributed by atoms with Gasteiger partial charge in [0.2, 0.25) is 11.1 Å². The number of nitrogens with zero attached hydrogens (tertiary/aromatic N) is 4. The van der Waals surface area contributed by atoms with E-state index in [-0.39, 0.29) is 40.7 Å². The topological polar surface area (TPSA) is 71.0 Å². The average molecular weight is 354 g/mol. The van der Waals surface area contributed by atoms with Crippen LogP contribution in [0.4, 0.5) is 0 Å². The van der Waals surface area contributed by atoms with Crippen LogP contribution in [0.3, 0.4) is 0 Å². The van der Waals surface area contributed by atoms with E-state index in [9.17, 15) is 9.59 Å². The number of fused-ring (bicyclic) bond motifs is 1. The summed E-state index contributed by atoms with van der Waals surface area (Å²) in [5.41, 5.74) is 2.19. The standard InChI is InChI=1S/C19H16N4O2.Na/c1-13-18-16(21-23(19(18)25)15-7-3-2-4-8-15)10-17(24)22(13)12-14-6-5-9-20-11-14;/h2-11H,12H2,1H3,(H,21,24);/q;+1/p-1. The van der Waals surface area contributed by atoms with E-state index in [0.717, 1.165) is 5.56 Å². The molecule has 0 amide bonds. The number of pyridine rings is 2. The molecule has 0 fully saturated rings. The Bertz CT molecular complexity index is 1160. The number of aryl methyl sites for hydroxylation is 1. The molecule has 0 spiro atoms. The summed E-state index contributed by atoms with van der Waals surface area (Å²) in [5.74, 6) is 0. The van der Waals surface area contributed by atoms with Crippen LogP contribution < -0.4 is 45.8 Å². The Hall–Kier alpha value is -2.41. The first kappa shape index (κ1) is 18.4. The Morgan fingerprint density at radius 2 is 1.85 bits per heavy atom. The molecule has 0 unspecified atom stereocenters. The summed E-state index contributed by atoms with van der Waals surface area (Å²) >= 11 is 0. The van der Waals surface area contributed by atoms with Crippen molar-refractivity contribution in [3.63, 3.8) is 0 Å². The van der Waals surface area contributed by atoms with Crippen molar-refractivity contribution < 1.29 is 29.6 Å². The number of aromatic nitrogens is 4. The van der Waals surface area contributed by atoms with Crippen molar-refractivity contribution in [3.05, 3.63) is 92.9 Å². The third-order valence-electron chi connectivity index (χ3n) is 4.23. The molecule has 26 heavy (non-hydrogen) atoms. The van der Waals surface area contributed by atoms with E-state index in [4.69, 9.17) is 0 Å². The van der Waals surface area contributed by atoms with E-state index >= 15 is 0 Å². The van der Waals surface area contributed by atoms with Crippen LogP contribution in [-0.2, 0) is 6.54 Å². The number of hydrogen-bond donors (Lipinski definition) is 0.